The van der Waals surface area contributed by atoms with Gasteiger partial charge in [-0.05, 0) is 59.2 Å². The quantitative estimate of drug-likeness (QED) is 0.399. The molecule has 1 aliphatic heterocycles. The number of benzene rings is 2. The van der Waals surface area contributed by atoms with Gasteiger partial charge in [-0.15, -0.1) is 23.1 Å². The SMILES string of the molecule is CSc1ccccc1CNC(=O)c1csc(C2CCN(C(=O)c3ccc4nonc4c3)CC2)n1. The molecule has 0 bridgehead atoms. The summed E-state index contributed by atoms with van der Waals surface area (Å²) in [5, 5.41) is 13.4. The van der Waals surface area contributed by atoms with E-state index in [4.69, 9.17) is 4.63 Å². The van der Waals surface area contributed by atoms with Gasteiger partial charge >= 0.3 is 0 Å². The zero-order chi connectivity index (χ0) is 23.5. The molecule has 4 aromatic rings. The predicted octanol–water partition coefficient (Wildman–Crippen LogP) is 4.35. The molecular formula is C24H23N5O3S2. The maximum atomic E-state index is 12.9. The maximum absolute atomic E-state index is 12.9. The van der Waals surface area contributed by atoms with Crippen LogP contribution < -0.4 is 5.32 Å². The number of amides is 2. The van der Waals surface area contributed by atoms with E-state index in [0.29, 0.717) is 41.9 Å². The van der Waals surface area contributed by atoms with Gasteiger partial charge in [-0.2, -0.15) is 0 Å². The van der Waals surface area contributed by atoms with Crippen LogP contribution in [0.3, 0.4) is 0 Å². The number of hydrogen-bond donors (Lipinski definition) is 1. The van der Waals surface area contributed by atoms with Gasteiger partial charge in [0, 0.05) is 41.4 Å². The molecule has 2 aromatic carbocycles. The van der Waals surface area contributed by atoms with E-state index in [1.54, 1.807) is 30.0 Å². The highest BCUT2D eigenvalue weighted by atomic mass is 32.2. The summed E-state index contributed by atoms with van der Waals surface area (Å²) in [5.41, 5.74) is 3.33. The van der Waals surface area contributed by atoms with Crippen LogP contribution in [0.5, 0.6) is 0 Å². The molecule has 34 heavy (non-hydrogen) atoms. The molecule has 174 valence electrons. The van der Waals surface area contributed by atoms with Crippen LogP contribution in [0.25, 0.3) is 11.0 Å². The number of carbonyl (C=O) groups is 2. The molecule has 3 heterocycles. The van der Waals surface area contributed by atoms with Crippen LogP contribution in [0.1, 0.15) is 50.2 Å². The molecule has 5 rings (SSSR count). The van der Waals surface area contributed by atoms with Crippen molar-refractivity contribution in [3.8, 4) is 0 Å². The second-order valence-corrected chi connectivity index (χ2v) is 9.84. The average Bonchev–Trinajstić information content (AvgIpc) is 3.57. The van der Waals surface area contributed by atoms with E-state index in [0.717, 1.165) is 28.3 Å². The number of likely N-dealkylation sites (tertiary alicyclic amines) is 1. The number of carbonyl (C=O) groups excluding carboxylic acids is 2. The first-order chi connectivity index (χ1) is 16.6. The van der Waals surface area contributed by atoms with Crippen LogP contribution in [-0.2, 0) is 6.54 Å². The first-order valence-corrected chi connectivity index (χ1v) is 13.1. The first-order valence-electron chi connectivity index (χ1n) is 11.0. The number of fused-ring (bicyclic) bond motifs is 1. The van der Waals surface area contributed by atoms with E-state index in [9.17, 15) is 9.59 Å². The molecule has 1 fully saturated rings. The Bertz CT molecular complexity index is 1330. The summed E-state index contributed by atoms with van der Waals surface area (Å²) in [7, 11) is 0. The van der Waals surface area contributed by atoms with Gasteiger partial charge in [0.15, 0.2) is 0 Å². The predicted molar refractivity (Wildman–Crippen MR) is 131 cm³/mol. The smallest absolute Gasteiger partial charge is 0.271 e. The third-order valence-electron chi connectivity index (χ3n) is 6.02. The number of piperidine rings is 1. The second-order valence-electron chi connectivity index (χ2n) is 8.10. The maximum Gasteiger partial charge on any atom is 0.271 e. The molecule has 1 N–H and O–H groups in total. The third-order valence-corrected chi connectivity index (χ3v) is 7.86. The lowest BCUT2D eigenvalue weighted by Gasteiger charge is -2.31. The fourth-order valence-corrected chi connectivity index (χ4v) is 5.71. The molecule has 8 nitrogen and oxygen atoms in total. The largest absolute Gasteiger partial charge is 0.347 e. The van der Waals surface area contributed by atoms with Crippen molar-refractivity contribution >= 4 is 45.9 Å². The van der Waals surface area contributed by atoms with Crippen molar-refractivity contribution in [1.29, 1.82) is 0 Å². The third kappa shape index (κ3) is 4.69. The van der Waals surface area contributed by atoms with E-state index in [-0.39, 0.29) is 17.7 Å². The van der Waals surface area contributed by atoms with Crippen molar-refractivity contribution < 1.29 is 14.2 Å². The molecule has 0 spiro atoms. The molecule has 1 saturated heterocycles. The number of hydrogen-bond acceptors (Lipinski definition) is 8. The Kier molecular flexibility index (Phi) is 6.59. The van der Waals surface area contributed by atoms with Crippen LogP contribution in [0.2, 0.25) is 0 Å². The average molecular weight is 494 g/mol. The number of thioether (sulfide) groups is 1. The molecule has 1 aliphatic rings. The summed E-state index contributed by atoms with van der Waals surface area (Å²) >= 11 is 3.18. The van der Waals surface area contributed by atoms with Gasteiger partial charge in [0.25, 0.3) is 11.8 Å². The summed E-state index contributed by atoms with van der Waals surface area (Å²) in [6.45, 7) is 1.76. The van der Waals surface area contributed by atoms with E-state index >= 15 is 0 Å². The van der Waals surface area contributed by atoms with E-state index in [1.807, 2.05) is 40.8 Å². The normalized spacial score (nSPS) is 14.4. The van der Waals surface area contributed by atoms with Gasteiger partial charge in [0.05, 0.1) is 5.01 Å². The molecule has 2 amide bonds. The second kappa shape index (κ2) is 9.94. The minimum absolute atomic E-state index is 0.0203. The molecule has 0 atom stereocenters. The Hall–Kier alpha value is -3.24. The Balaban J connectivity index is 1.17. The van der Waals surface area contributed by atoms with Gasteiger partial charge in [0.2, 0.25) is 0 Å². The lowest BCUT2D eigenvalue weighted by Crippen LogP contribution is -2.37. The highest BCUT2D eigenvalue weighted by Crippen LogP contribution is 2.31. The Morgan fingerprint density at radius 3 is 2.76 bits per heavy atom. The highest BCUT2D eigenvalue weighted by Gasteiger charge is 2.27. The van der Waals surface area contributed by atoms with Gasteiger partial charge in [-0.1, -0.05) is 18.2 Å². The van der Waals surface area contributed by atoms with E-state index in [1.165, 1.54) is 11.3 Å². The van der Waals surface area contributed by atoms with Crippen LogP contribution in [-0.4, -0.2) is 51.4 Å². The van der Waals surface area contributed by atoms with Gasteiger partial charge in [0.1, 0.15) is 16.7 Å². The molecule has 0 saturated carbocycles. The van der Waals surface area contributed by atoms with Crippen LogP contribution in [0.4, 0.5) is 0 Å². The van der Waals surface area contributed by atoms with Crippen molar-refractivity contribution in [2.45, 2.75) is 30.2 Å². The van der Waals surface area contributed by atoms with Crippen molar-refractivity contribution in [3.05, 3.63) is 69.7 Å². The van der Waals surface area contributed by atoms with Crippen molar-refractivity contribution in [3.63, 3.8) is 0 Å². The molecule has 2 aromatic heterocycles. The van der Waals surface area contributed by atoms with Gasteiger partial charge in [-0.25, -0.2) is 9.61 Å². The number of rotatable bonds is 6. The van der Waals surface area contributed by atoms with Gasteiger partial charge < -0.3 is 10.2 Å². The fraction of sp³-hybridized carbons (Fsp3) is 0.292. The highest BCUT2D eigenvalue weighted by molar-refractivity contribution is 7.98. The number of thiazole rings is 1. The number of nitrogens with one attached hydrogen (secondary N) is 1. The molecular weight excluding hydrogens is 470 g/mol. The van der Waals surface area contributed by atoms with Crippen LogP contribution >= 0.6 is 23.1 Å². The van der Waals surface area contributed by atoms with Crippen molar-refractivity contribution in [1.82, 2.24) is 25.5 Å². The molecule has 0 unspecified atom stereocenters. The minimum Gasteiger partial charge on any atom is -0.347 e. The number of nitrogens with zero attached hydrogens (tertiary/aromatic N) is 4. The molecule has 10 heteroatoms. The summed E-state index contributed by atoms with van der Waals surface area (Å²) in [6, 6.07) is 13.3. The Morgan fingerprint density at radius 2 is 1.94 bits per heavy atom. The fourth-order valence-electron chi connectivity index (χ4n) is 4.12. The zero-order valence-corrected chi connectivity index (χ0v) is 20.2. The molecule has 0 radical (unpaired) electrons. The van der Waals surface area contributed by atoms with Gasteiger partial charge in [-0.3, -0.25) is 9.59 Å². The lowest BCUT2D eigenvalue weighted by atomic mass is 9.97. The van der Waals surface area contributed by atoms with E-state index < -0.39 is 0 Å². The molecule has 0 aliphatic carbocycles. The van der Waals surface area contributed by atoms with E-state index in [2.05, 4.69) is 20.6 Å². The zero-order valence-electron chi connectivity index (χ0n) is 18.6. The topological polar surface area (TPSA) is 101 Å². The summed E-state index contributed by atoms with van der Waals surface area (Å²) < 4.78 is 4.71. The van der Waals surface area contributed by atoms with Crippen molar-refractivity contribution in [2.75, 3.05) is 19.3 Å². The lowest BCUT2D eigenvalue weighted by molar-refractivity contribution is 0.0713. The standard InChI is InChI=1S/C24H23N5O3S2/c1-33-21-5-3-2-4-17(21)13-25-22(30)20-14-34-23(26-20)15-8-10-29(11-9-15)24(31)16-6-7-18-19(12-16)28-32-27-18/h2-7,12,14-15H,8-11,13H2,1H3,(H,25,30). The van der Waals surface area contributed by atoms with Crippen LogP contribution in [0.15, 0.2) is 57.4 Å². The first kappa shape index (κ1) is 22.5. The van der Waals surface area contributed by atoms with Crippen molar-refractivity contribution in [2.24, 2.45) is 0 Å². The Morgan fingerprint density at radius 1 is 1.15 bits per heavy atom. The summed E-state index contributed by atoms with van der Waals surface area (Å²) in [4.78, 5) is 33.2. The number of aromatic nitrogens is 3. The van der Waals surface area contributed by atoms with Crippen LogP contribution in [0, 0.1) is 0 Å². The Labute approximate surface area is 204 Å². The minimum atomic E-state index is -0.163. The summed E-state index contributed by atoms with van der Waals surface area (Å²) in [6.07, 6.45) is 3.66. The summed E-state index contributed by atoms with van der Waals surface area (Å²) in [5.74, 6) is 0.0619. The monoisotopic (exact) mass is 493 g/mol.